The highest BCUT2D eigenvalue weighted by Crippen LogP contribution is 2.23. The Hall–Kier alpha value is -2.35. The van der Waals surface area contributed by atoms with E-state index in [9.17, 15) is 4.39 Å². The number of hydrogen-bond donors (Lipinski definition) is 1. The molecule has 0 fully saturated rings. The van der Waals surface area contributed by atoms with Gasteiger partial charge in [-0.15, -0.1) is 0 Å². The van der Waals surface area contributed by atoms with Gasteiger partial charge in [-0.2, -0.15) is 0 Å². The molecule has 20 heavy (non-hydrogen) atoms. The summed E-state index contributed by atoms with van der Waals surface area (Å²) in [5.41, 5.74) is 1.98. The Morgan fingerprint density at radius 3 is 2.45 bits per heavy atom. The fourth-order valence-corrected chi connectivity index (χ4v) is 2.39. The van der Waals surface area contributed by atoms with E-state index in [4.69, 9.17) is 0 Å². The van der Waals surface area contributed by atoms with Crippen molar-refractivity contribution in [2.24, 2.45) is 0 Å². The molecule has 0 amide bonds. The third-order valence-corrected chi connectivity index (χ3v) is 3.48. The first kappa shape index (κ1) is 12.7. The summed E-state index contributed by atoms with van der Waals surface area (Å²) in [6, 6.07) is 21.4. The van der Waals surface area contributed by atoms with E-state index in [1.807, 2.05) is 18.2 Å². The maximum absolute atomic E-state index is 13.2. The molecule has 0 saturated heterocycles. The molecular formula is C18H16FN. The van der Waals surface area contributed by atoms with Crippen LogP contribution in [0.2, 0.25) is 0 Å². The van der Waals surface area contributed by atoms with Crippen LogP contribution in [0.5, 0.6) is 0 Å². The van der Waals surface area contributed by atoms with Gasteiger partial charge in [-0.1, -0.05) is 42.5 Å². The highest BCUT2D eigenvalue weighted by atomic mass is 19.1. The molecule has 3 aromatic rings. The fourth-order valence-electron chi connectivity index (χ4n) is 2.39. The maximum atomic E-state index is 13.2. The SMILES string of the molecule is CC(Nc1cccc(F)c1)c1ccc2ccccc2c1. The van der Waals surface area contributed by atoms with Crippen molar-refractivity contribution >= 4 is 16.5 Å². The van der Waals surface area contributed by atoms with Gasteiger partial charge in [-0.25, -0.2) is 4.39 Å². The lowest BCUT2D eigenvalue weighted by molar-refractivity contribution is 0.628. The minimum atomic E-state index is -0.222. The van der Waals surface area contributed by atoms with Crippen molar-refractivity contribution in [3.8, 4) is 0 Å². The lowest BCUT2D eigenvalue weighted by atomic mass is 10.0. The normalized spacial score (nSPS) is 12.3. The molecule has 0 aliphatic carbocycles. The summed E-state index contributed by atoms with van der Waals surface area (Å²) in [4.78, 5) is 0. The van der Waals surface area contributed by atoms with Gasteiger partial charge in [-0.3, -0.25) is 0 Å². The number of fused-ring (bicyclic) bond motifs is 1. The van der Waals surface area contributed by atoms with Crippen molar-refractivity contribution in [1.29, 1.82) is 0 Å². The zero-order valence-electron chi connectivity index (χ0n) is 11.3. The Bertz CT molecular complexity index is 736. The molecule has 1 N–H and O–H groups in total. The van der Waals surface area contributed by atoms with Gasteiger partial charge in [0.2, 0.25) is 0 Å². The van der Waals surface area contributed by atoms with Gasteiger partial charge < -0.3 is 5.32 Å². The van der Waals surface area contributed by atoms with Gasteiger partial charge in [-0.05, 0) is 47.5 Å². The zero-order chi connectivity index (χ0) is 13.9. The van der Waals surface area contributed by atoms with Crippen LogP contribution in [0.15, 0.2) is 66.7 Å². The molecule has 2 heteroatoms. The van der Waals surface area contributed by atoms with E-state index in [-0.39, 0.29) is 11.9 Å². The van der Waals surface area contributed by atoms with E-state index in [0.29, 0.717) is 0 Å². The zero-order valence-corrected chi connectivity index (χ0v) is 11.3. The van der Waals surface area contributed by atoms with Crippen molar-refractivity contribution in [3.05, 3.63) is 78.1 Å². The van der Waals surface area contributed by atoms with Crippen molar-refractivity contribution in [3.63, 3.8) is 0 Å². The molecule has 0 bridgehead atoms. The van der Waals surface area contributed by atoms with Gasteiger partial charge >= 0.3 is 0 Å². The van der Waals surface area contributed by atoms with E-state index in [0.717, 1.165) is 5.69 Å². The lowest BCUT2D eigenvalue weighted by Crippen LogP contribution is -2.06. The van der Waals surface area contributed by atoms with Crippen LogP contribution in [0.25, 0.3) is 10.8 Å². The largest absolute Gasteiger partial charge is 0.378 e. The maximum Gasteiger partial charge on any atom is 0.125 e. The van der Waals surface area contributed by atoms with Gasteiger partial charge in [0.1, 0.15) is 5.82 Å². The molecule has 0 aliphatic heterocycles. The van der Waals surface area contributed by atoms with E-state index >= 15 is 0 Å². The van der Waals surface area contributed by atoms with Gasteiger partial charge in [0.25, 0.3) is 0 Å². The summed E-state index contributed by atoms with van der Waals surface area (Å²) in [6.07, 6.45) is 0. The van der Waals surface area contributed by atoms with E-state index in [1.54, 1.807) is 6.07 Å². The number of anilines is 1. The van der Waals surface area contributed by atoms with Crippen molar-refractivity contribution in [1.82, 2.24) is 0 Å². The molecule has 100 valence electrons. The van der Waals surface area contributed by atoms with Crippen molar-refractivity contribution in [2.75, 3.05) is 5.32 Å². The molecule has 3 rings (SSSR count). The molecule has 0 heterocycles. The molecule has 1 nitrogen and oxygen atoms in total. The number of hydrogen-bond acceptors (Lipinski definition) is 1. The van der Waals surface area contributed by atoms with E-state index in [2.05, 4.69) is 42.6 Å². The minimum absolute atomic E-state index is 0.126. The molecular weight excluding hydrogens is 249 g/mol. The Kier molecular flexibility index (Phi) is 3.38. The predicted octanol–water partition coefficient (Wildman–Crippen LogP) is 5.15. The Balaban J connectivity index is 1.86. The Morgan fingerprint density at radius 1 is 0.850 bits per heavy atom. The predicted molar refractivity (Wildman–Crippen MR) is 82.4 cm³/mol. The smallest absolute Gasteiger partial charge is 0.125 e. The third-order valence-electron chi connectivity index (χ3n) is 3.48. The number of nitrogens with one attached hydrogen (secondary N) is 1. The number of halogens is 1. The molecule has 3 aromatic carbocycles. The van der Waals surface area contributed by atoms with Crippen molar-refractivity contribution in [2.45, 2.75) is 13.0 Å². The van der Waals surface area contributed by atoms with Crippen LogP contribution in [-0.2, 0) is 0 Å². The first-order chi connectivity index (χ1) is 9.72. The van der Waals surface area contributed by atoms with E-state index in [1.165, 1.54) is 28.5 Å². The average molecular weight is 265 g/mol. The topological polar surface area (TPSA) is 12.0 Å². The summed E-state index contributed by atoms with van der Waals surface area (Å²) >= 11 is 0. The second kappa shape index (κ2) is 5.33. The van der Waals surface area contributed by atoms with Gasteiger partial charge in [0.15, 0.2) is 0 Å². The number of benzene rings is 3. The van der Waals surface area contributed by atoms with Crippen LogP contribution in [0.1, 0.15) is 18.5 Å². The summed E-state index contributed by atoms with van der Waals surface area (Å²) in [5.74, 6) is -0.222. The van der Waals surface area contributed by atoms with Crippen LogP contribution in [0, 0.1) is 5.82 Å². The molecule has 0 aromatic heterocycles. The highest BCUT2D eigenvalue weighted by molar-refractivity contribution is 5.83. The van der Waals surface area contributed by atoms with Crippen molar-refractivity contribution < 1.29 is 4.39 Å². The quantitative estimate of drug-likeness (QED) is 0.690. The van der Waals surface area contributed by atoms with Gasteiger partial charge in [0.05, 0.1) is 0 Å². The summed E-state index contributed by atoms with van der Waals surface area (Å²) in [6.45, 7) is 2.08. The standard InChI is InChI=1S/C18H16FN/c1-13(20-18-8-4-7-17(19)12-18)15-10-9-14-5-2-3-6-16(14)11-15/h2-13,20H,1H3. The summed E-state index contributed by atoms with van der Waals surface area (Å²) in [7, 11) is 0. The monoisotopic (exact) mass is 265 g/mol. The second-order valence-corrected chi connectivity index (χ2v) is 4.98. The molecule has 0 radical (unpaired) electrons. The Labute approximate surface area is 118 Å². The molecule has 0 spiro atoms. The average Bonchev–Trinajstić information content (AvgIpc) is 2.47. The van der Waals surface area contributed by atoms with Crippen LogP contribution in [0.3, 0.4) is 0 Å². The van der Waals surface area contributed by atoms with Gasteiger partial charge in [0, 0.05) is 11.7 Å². The minimum Gasteiger partial charge on any atom is -0.378 e. The lowest BCUT2D eigenvalue weighted by Gasteiger charge is -2.16. The second-order valence-electron chi connectivity index (χ2n) is 4.98. The number of rotatable bonds is 3. The first-order valence-corrected chi connectivity index (χ1v) is 6.73. The van der Waals surface area contributed by atoms with Crippen LogP contribution >= 0.6 is 0 Å². The van der Waals surface area contributed by atoms with E-state index < -0.39 is 0 Å². The first-order valence-electron chi connectivity index (χ1n) is 6.73. The molecule has 1 atom stereocenters. The highest BCUT2D eigenvalue weighted by Gasteiger charge is 2.06. The third kappa shape index (κ3) is 2.64. The molecule has 0 saturated carbocycles. The summed E-state index contributed by atoms with van der Waals surface area (Å²) in [5, 5.41) is 5.77. The van der Waals surface area contributed by atoms with Crippen LogP contribution in [-0.4, -0.2) is 0 Å². The molecule has 0 aliphatic rings. The summed E-state index contributed by atoms with van der Waals surface area (Å²) < 4.78 is 13.2. The van der Waals surface area contributed by atoms with Crippen LogP contribution in [0.4, 0.5) is 10.1 Å². The van der Waals surface area contributed by atoms with Crippen LogP contribution < -0.4 is 5.32 Å². The Morgan fingerprint density at radius 2 is 1.65 bits per heavy atom. The molecule has 1 unspecified atom stereocenters. The fraction of sp³-hybridized carbons (Fsp3) is 0.111.